The van der Waals surface area contributed by atoms with Crippen LogP contribution in [0.4, 0.5) is 0 Å². The lowest BCUT2D eigenvalue weighted by Crippen LogP contribution is -2.44. The summed E-state index contributed by atoms with van der Waals surface area (Å²) in [5, 5.41) is 0. The molecule has 13 heavy (non-hydrogen) atoms. The van der Waals surface area contributed by atoms with E-state index in [9.17, 15) is 4.79 Å². The van der Waals surface area contributed by atoms with E-state index < -0.39 is 0 Å². The molecule has 0 aromatic heterocycles. The van der Waals surface area contributed by atoms with Crippen LogP contribution >= 0.6 is 0 Å². The molecular formula is C10H20N2O. The van der Waals surface area contributed by atoms with Crippen LogP contribution in [-0.2, 0) is 4.79 Å². The largest absolute Gasteiger partial charge is 0.369 e. The van der Waals surface area contributed by atoms with Crippen molar-refractivity contribution in [3.05, 3.63) is 0 Å². The molecule has 0 atom stereocenters. The molecule has 1 aliphatic heterocycles. The third-order valence-corrected chi connectivity index (χ3v) is 2.73. The number of rotatable bonds is 3. The Morgan fingerprint density at radius 1 is 1.31 bits per heavy atom. The van der Waals surface area contributed by atoms with Gasteiger partial charge in [0.25, 0.3) is 0 Å². The summed E-state index contributed by atoms with van der Waals surface area (Å²) in [6, 6.07) is 0. The number of amides is 1. The molecule has 3 heteroatoms. The first-order chi connectivity index (χ1) is 6.02. The number of nitrogens with two attached hydrogens (primary N) is 1. The Bertz CT molecular complexity index is 183. The summed E-state index contributed by atoms with van der Waals surface area (Å²) in [4.78, 5) is 13.4. The standard InChI is InChI=1S/C10H20N2O/c1-10(2,9(11)13)8-12-6-4-3-5-7-12/h3-8H2,1-2H3,(H2,11,13). The summed E-state index contributed by atoms with van der Waals surface area (Å²) >= 11 is 0. The second-order valence-corrected chi connectivity index (χ2v) is 4.58. The second kappa shape index (κ2) is 4.09. The minimum absolute atomic E-state index is 0.196. The van der Waals surface area contributed by atoms with Gasteiger partial charge in [0.1, 0.15) is 0 Å². The number of carbonyl (C=O) groups is 1. The Morgan fingerprint density at radius 3 is 2.31 bits per heavy atom. The first kappa shape index (κ1) is 10.5. The normalized spacial score (nSPS) is 20.2. The van der Waals surface area contributed by atoms with Crippen molar-refractivity contribution in [3.8, 4) is 0 Å². The van der Waals surface area contributed by atoms with E-state index in [4.69, 9.17) is 5.73 Å². The fourth-order valence-electron chi connectivity index (χ4n) is 1.75. The molecule has 0 bridgehead atoms. The number of carbonyl (C=O) groups excluding carboxylic acids is 1. The average Bonchev–Trinajstić information content (AvgIpc) is 2.05. The third kappa shape index (κ3) is 2.99. The summed E-state index contributed by atoms with van der Waals surface area (Å²) in [5.74, 6) is -0.196. The molecule has 0 unspecified atom stereocenters. The molecule has 1 saturated heterocycles. The Labute approximate surface area is 80.3 Å². The lowest BCUT2D eigenvalue weighted by Gasteiger charge is -2.32. The van der Waals surface area contributed by atoms with Crippen molar-refractivity contribution < 1.29 is 4.79 Å². The Balaban J connectivity index is 2.41. The van der Waals surface area contributed by atoms with Crippen LogP contribution in [0.15, 0.2) is 0 Å². The van der Waals surface area contributed by atoms with Crippen molar-refractivity contribution in [2.75, 3.05) is 19.6 Å². The van der Waals surface area contributed by atoms with Crippen molar-refractivity contribution >= 4 is 5.91 Å². The van der Waals surface area contributed by atoms with Crippen LogP contribution in [0, 0.1) is 5.41 Å². The van der Waals surface area contributed by atoms with E-state index in [0.717, 1.165) is 19.6 Å². The molecule has 2 N–H and O–H groups in total. The summed E-state index contributed by atoms with van der Waals surface area (Å²) < 4.78 is 0. The van der Waals surface area contributed by atoms with E-state index in [1.807, 2.05) is 13.8 Å². The van der Waals surface area contributed by atoms with Gasteiger partial charge in [0.05, 0.1) is 5.41 Å². The predicted octanol–water partition coefficient (Wildman–Crippen LogP) is 0.984. The highest BCUT2D eigenvalue weighted by atomic mass is 16.1. The SMILES string of the molecule is CC(C)(CN1CCCCC1)C(N)=O. The van der Waals surface area contributed by atoms with E-state index in [-0.39, 0.29) is 11.3 Å². The number of primary amides is 1. The molecule has 1 rings (SSSR count). The maximum Gasteiger partial charge on any atom is 0.224 e. The molecule has 0 aliphatic carbocycles. The van der Waals surface area contributed by atoms with Crippen LogP contribution in [0.5, 0.6) is 0 Å². The molecule has 1 fully saturated rings. The van der Waals surface area contributed by atoms with Gasteiger partial charge < -0.3 is 10.6 Å². The number of likely N-dealkylation sites (tertiary alicyclic amines) is 1. The van der Waals surface area contributed by atoms with Gasteiger partial charge in [-0.15, -0.1) is 0 Å². The highest BCUT2D eigenvalue weighted by Gasteiger charge is 2.28. The van der Waals surface area contributed by atoms with E-state index in [2.05, 4.69) is 4.90 Å². The minimum Gasteiger partial charge on any atom is -0.369 e. The predicted molar refractivity (Wildman–Crippen MR) is 53.3 cm³/mol. The molecule has 1 aliphatic rings. The Morgan fingerprint density at radius 2 is 1.85 bits per heavy atom. The van der Waals surface area contributed by atoms with E-state index in [1.54, 1.807) is 0 Å². The average molecular weight is 184 g/mol. The van der Waals surface area contributed by atoms with Gasteiger partial charge in [-0.3, -0.25) is 4.79 Å². The van der Waals surface area contributed by atoms with Crippen LogP contribution in [-0.4, -0.2) is 30.4 Å². The lowest BCUT2D eigenvalue weighted by molar-refractivity contribution is -0.127. The number of piperidine rings is 1. The van der Waals surface area contributed by atoms with Gasteiger partial charge in [-0.2, -0.15) is 0 Å². The fraction of sp³-hybridized carbons (Fsp3) is 0.900. The van der Waals surface area contributed by atoms with Crippen LogP contribution in [0.1, 0.15) is 33.1 Å². The third-order valence-electron chi connectivity index (χ3n) is 2.73. The summed E-state index contributed by atoms with van der Waals surface area (Å²) in [7, 11) is 0. The first-order valence-electron chi connectivity index (χ1n) is 5.05. The minimum atomic E-state index is -0.378. The van der Waals surface area contributed by atoms with Crippen LogP contribution in [0.2, 0.25) is 0 Å². The molecule has 0 aromatic rings. The topological polar surface area (TPSA) is 46.3 Å². The number of nitrogens with zero attached hydrogens (tertiary/aromatic N) is 1. The van der Waals surface area contributed by atoms with E-state index in [1.165, 1.54) is 19.3 Å². The van der Waals surface area contributed by atoms with Crippen LogP contribution in [0.25, 0.3) is 0 Å². The second-order valence-electron chi connectivity index (χ2n) is 4.58. The smallest absolute Gasteiger partial charge is 0.224 e. The molecule has 0 spiro atoms. The summed E-state index contributed by atoms with van der Waals surface area (Å²) in [6.07, 6.45) is 3.84. The molecular weight excluding hydrogens is 164 g/mol. The summed E-state index contributed by atoms with van der Waals surface area (Å²) in [6.45, 7) is 6.89. The van der Waals surface area contributed by atoms with Gasteiger partial charge in [0, 0.05) is 6.54 Å². The maximum absolute atomic E-state index is 11.1. The van der Waals surface area contributed by atoms with Gasteiger partial charge in [-0.05, 0) is 39.8 Å². The zero-order valence-corrected chi connectivity index (χ0v) is 8.68. The van der Waals surface area contributed by atoms with Gasteiger partial charge in [0.2, 0.25) is 5.91 Å². The first-order valence-corrected chi connectivity index (χ1v) is 5.05. The zero-order chi connectivity index (χ0) is 9.90. The van der Waals surface area contributed by atoms with Crippen molar-refractivity contribution in [1.82, 2.24) is 4.90 Å². The van der Waals surface area contributed by atoms with Gasteiger partial charge in [-0.1, -0.05) is 6.42 Å². The molecule has 3 nitrogen and oxygen atoms in total. The highest BCUT2D eigenvalue weighted by molar-refractivity contribution is 5.80. The van der Waals surface area contributed by atoms with Crippen molar-refractivity contribution in [3.63, 3.8) is 0 Å². The van der Waals surface area contributed by atoms with Gasteiger partial charge in [-0.25, -0.2) is 0 Å². The molecule has 0 radical (unpaired) electrons. The van der Waals surface area contributed by atoms with Gasteiger partial charge >= 0.3 is 0 Å². The zero-order valence-electron chi connectivity index (χ0n) is 8.68. The summed E-state index contributed by atoms with van der Waals surface area (Å²) in [5.41, 5.74) is 4.94. The number of hydrogen-bond acceptors (Lipinski definition) is 2. The van der Waals surface area contributed by atoms with E-state index >= 15 is 0 Å². The monoisotopic (exact) mass is 184 g/mol. The van der Waals surface area contributed by atoms with Crippen LogP contribution < -0.4 is 5.73 Å². The molecule has 1 amide bonds. The number of hydrogen-bond donors (Lipinski definition) is 1. The maximum atomic E-state index is 11.1. The molecule has 0 aromatic carbocycles. The van der Waals surface area contributed by atoms with Crippen molar-refractivity contribution in [1.29, 1.82) is 0 Å². The Kier molecular flexibility index (Phi) is 3.31. The quantitative estimate of drug-likeness (QED) is 0.711. The van der Waals surface area contributed by atoms with Crippen molar-refractivity contribution in [2.45, 2.75) is 33.1 Å². The highest BCUT2D eigenvalue weighted by Crippen LogP contribution is 2.19. The molecule has 0 saturated carbocycles. The van der Waals surface area contributed by atoms with Crippen LogP contribution in [0.3, 0.4) is 0 Å². The Hall–Kier alpha value is -0.570. The molecule has 1 heterocycles. The lowest BCUT2D eigenvalue weighted by atomic mass is 9.91. The molecule has 76 valence electrons. The van der Waals surface area contributed by atoms with Gasteiger partial charge in [0.15, 0.2) is 0 Å². The fourth-order valence-corrected chi connectivity index (χ4v) is 1.75. The van der Waals surface area contributed by atoms with E-state index in [0.29, 0.717) is 0 Å². The van der Waals surface area contributed by atoms with Crippen molar-refractivity contribution in [2.24, 2.45) is 11.1 Å².